The van der Waals surface area contributed by atoms with Gasteiger partial charge in [-0.3, -0.25) is 4.79 Å². The summed E-state index contributed by atoms with van der Waals surface area (Å²) >= 11 is 0. The minimum atomic E-state index is -0.238. The van der Waals surface area contributed by atoms with Gasteiger partial charge in [-0.1, -0.05) is 17.3 Å². The van der Waals surface area contributed by atoms with Crippen LogP contribution in [0.5, 0.6) is 0 Å². The van der Waals surface area contributed by atoms with Crippen molar-refractivity contribution < 1.29 is 4.79 Å². The maximum Gasteiger partial charge on any atom is 0.272 e. The van der Waals surface area contributed by atoms with Gasteiger partial charge in [-0.25, -0.2) is 14.2 Å². The second kappa shape index (κ2) is 5.73. The molecule has 1 atom stereocenters. The molecule has 0 fully saturated rings. The molecule has 0 radical (unpaired) electrons. The number of amides is 1. The number of carbonyl (C=O) groups is 1. The van der Waals surface area contributed by atoms with E-state index >= 15 is 0 Å². The van der Waals surface area contributed by atoms with Gasteiger partial charge < -0.3 is 5.32 Å². The quantitative estimate of drug-likeness (QED) is 0.612. The van der Waals surface area contributed by atoms with E-state index in [1.165, 1.54) is 0 Å². The number of fused-ring (bicyclic) bond motifs is 2. The van der Waals surface area contributed by atoms with Gasteiger partial charge in [0.15, 0.2) is 11.3 Å². The molecule has 0 unspecified atom stereocenters. The van der Waals surface area contributed by atoms with Gasteiger partial charge in [0.2, 0.25) is 0 Å². The second-order valence-corrected chi connectivity index (χ2v) is 5.59. The minimum absolute atomic E-state index is 0.125. The highest BCUT2D eigenvalue weighted by Gasteiger charge is 2.15. The molecule has 24 heavy (non-hydrogen) atoms. The van der Waals surface area contributed by atoms with E-state index in [1.807, 2.05) is 31.2 Å². The molecule has 1 amide bonds. The van der Waals surface area contributed by atoms with Crippen LogP contribution >= 0.6 is 0 Å². The molecular formula is C16H15N7O. The van der Waals surface area contributed by atoms with Crippen molar-refractivity contribution in [3.63, 3.8) is 0 Å². The summed E-state index contributed by atoms with van der Waals surface area (Å²) in [4.78, 5) is 16.5. The van der Waals surface area contributed by atoms with Crippen LogP contribution in [0.15, 0.2) is 48.8 Å². The molecule has 3 heterocycles. The lowest BCUT2D eigenvalue weighted by Gasteiger charge is -2.13. The average Bonchev–Trinajstić information content (AvgIpc) is 3.19. The Balaban J connectivity index is 1.49. The maximum absolute atomic E-state index is 12.4. The fourth-order valence-electron chi connectivity index (χ4n) is 2.60. The largest absolute Gasteiger partial charge is 0.346 e. The van der Waals surface area contributed by atoms with E-state index in [9.17, 15) is 4.79 Å². The van der Waals surface area contributed by atoms with E-state index in [2.05, 4.69) is 25.7 Å². The van der Waals surface area contributed by atoms with Crippen LogP contribution < -0.4 is 5.32 Å². The van der Waals surface area contributed by atoms with Crippen LogP contribution in [0.25, 0.3) is 16.7 Å². The van der Waals surface area contributed by atoms with Crippen molar-refractivity contribution in [1.82, 2.24) is 34.9 Å². The van der Waals surface area contributed by atoms with Crippen molar-refractivity contribution in [3.8, 4) is 0 Å². The monoisotopic (exact) mass is 321 g/mol. The van der Waals surface area contributed by atoms with Crippen molar-refractivity contribution in [2.45, 2.75) is 19.5 Å². The Bertz CT molecular complexity index is 986. The highest BCUT2D eigenvalue weighted by atomic mass is 16.2. The van der Waals surface area contributed by atoms with Crippen LogP contribution in [-0.2, 0) is 6.54 Å². The third kappa shape index (κ3) is 2.58. The van der Waals surface area contributed by atoms with Gasteiger partial charge in [0.25, 0.3) is 5.91 Å². The maximum atomic E-state index is 12.4. The summed E-state index contributed by atoms with van der Waals surface area (Å²) < 4.78 is 3.36. The first-order valence-electron chi connectivity index (χ1n) is 7.60. The first-order chi connectivity index (χ1) is 11.7. The highest BCUT2D eigenvalue weighted by molar-refractivity contribution is 5.93. The second-order valence-electron chi connectivity index (χ2n) is 5.59. The summed E-state index contributed by atoms with van der Waals surface area (Å²) in [5, 5.41) is 15.4. The summed E-state index contributed by atoms with van der Waals surface area (Å²) in [5.74, 6) is -0.238. The molecule has 4 aromatic rings. The highest BCUT2D eigenvalue weighted by Crippen LogP contribution is 2.10. The number of rotatable bonds is 4. The molecule has 0 saturated heterocycles. The van der Waals surface area contributed by atoms with Crippen LogP contribution in [0, 0.1) is 0 Å². The summed E-state index contributed by atoms with van der Waals surface area (Å²) in [6.07, 6.45) is 3.42. The zero-order chi connectivity index (χ0) is 16.5. The van der Waals surface area contributed by atoms with Gasteiger partial charge in [-0.15, -0.1) is 5.10 Å². The number of hydrogen-bond donors (Lipinski definition) is 1. The van der Waals surface area contributed by atoms with E-state index in [0.717, 1.165) is 11.0 Å². The molecule has 3 aromatic heterocycles. The van der Waals surface area contributed by atoms with Gasteiger partial charge in [-0.05, 0) is 25.1 Å². The van der Waals surface area contributed by atoms with Crippen LogP contribution in [0.3, 0.4) is 0 Å². The molecule has 0 bridgehead atoms. The SMILES string of the molecule is C[C@@H](Cn1nnc2ccccc21)NC(=O)c1cc2ncccn2n1. The Morgan fingerprint density at radius 3 is 3.04 bits per heavy atom. The smallest absolute Gasteiger partial charge is 0.272 e. The Morgan fingerprint density at radius 1 is 1.29 bits per heavy atom. The van der Waals surface area contributed by atoms with Gasteiger partial charge in [0, 0.05) is 24.5 Å². The Hall–Kier alpha value is -3.29. The number of nitrogens with one attached hydrogen (secondary N) is 1. The normalized spacial score (nSPS) is 12.5. The summed E-state index contributed by atoms with van der Waals surface area (Å²) in [5.41, 5.74) is 2.75. The van der Waals surface area contributed by atoms with Gasteiger partial charge in [0.1, 0.15) is 5.52 Å². The predicted octanol–water partition coefficient (Wildman–Crippen LogP) is 1.29. The zero-order valence-corrected chi connectivity index (χ0v) is 13.0. The van der Waals surface area contributed by atoms with E-state index in [1.54, 1.807) is 33.7 Å². The topological polar surface area (TPSA) is 90.0 Å². The number of nitrogens with zero attached hydrogens (tertiary/aromatic N) is 6. The molecule has 1 N–H and O–H groups in total. The first-order valence-corrected chi connectivity index (χ1v) is 7.60. The van der Waals surface area contributed by atoms with Crippen molar-refractivity contribution in [2.75, 3.05) is 0 Å². The van der Waals surface area contributed by atoms with Gasteiger partial charge >= 0.3 is 0 Å². The Labute approximate surface area is 137 Å². The van der Waals surface area contributed by atoms with E-state index < -0.39 is 0 Å². The number of benzene rings is 1. The molecular weight excluding hydrogens is 306 g/mol. The molecule has 0 aliphatic carbocycles. The summed E-state index contributed by atoms with van der Waals surface area (Å²) in [7, 11) is 0. The Kier molecular flexibility index (Phi) is 3.42. The first kappa shape index (κ1) is 14.3. The number of hydrogen-bond acceptors (Lipinski definition) is 5. The van der Waals surface area contributed by atoms with Crippen LogP contribution in [0.2, 0.25) is 0 Å². The fourth-order valence-corrected chi connectivity index (χ4v) is 2.60. The van der Waals surface area contributed by atoms with Crippen molar-refractivity contribution >= 4 is 22.6 Å². The molecule has 4 rings (SSSR count). The average molecular weight is 321 g/mol. The van der Waals surface area contributed by atoms with Crippen LogP contribution in [0.4, 0.5) is 0 Å². The van der Waals surface area contributed by atoms with Gasteiger partial charge in [0.05, 0.1) is 12.1 Å². The lowest BCUT2D eigenvalue weighted by molar-refractivity contribution is 0.0930. The van der Waals surface area contributed by atoms with Crippen molar-refractivity contribution in [3.05, 3.63) is 54.5 Å². The summed E-state index contributed by atoms with van der Waals surface area (Å²) in [6, 6.07) is 11.0. The molecule has 0 saturated carbocycles. The standard InChI is InChI=1S/C16H15N7O/c1-11(10-23-14-6-3-2-5-12(14)19-21-23)18-16(24)13-9-15-17-7-4-8-22(15)20-13/h2-9,11H,10H2,1H3,(H,18,24)/t11-/m0/s1. The molecule has 0 aliphatic heterocycles. The molecule has 8 nitrogen and oxygen atoms in total. The molecule has 8 heteroatoms. The van der Waals surface area contributed by atoms with Gasteiger partial charge in [-0.2, -0.15) is 5.10 Å². The van der Waals surface area contributed by atoms with E-state index in [0.29, 0.717) is 17.9 Å². The third-order valence-corrected chi connectivity index (χ3v) is 3.71. The lowest BCUT2D eigenvalue weighted by atomic mass is 10.3. The Morgan fingerprint density at radius 2 is 2.17 bits per heavy atom. The minimum Gasteiger partial charge on any atom is -0.346 e. The molecule has 1 aromatic carbocycles. The van der Waals surface area contributed by atoms with Crippen LogP contribution in [0.1, 0.15) is 17.4 Å². The van der Waals surface area contributed by atoms with E-state index in [4.69, 9.17) is 0 Å². The molecule has 0 spiro atoms. The number of para-hydroxylation sites is 1. The van der Waals surface area contributed by atoms with Crippen molar-refractivity contribution in [2.24, 2.45) is 0 Å². The molecule has 120 valence electrons. The lowest BCUT2D eigenvalue weighted by Crippen LogP contribution is -2.36. The summed E-state index contributed by atoms with van der Waals surface area (Å²) in [6.45, 7) is 2.44. The zero-order valence-electron chi connectivity index (χ0n) is 13.0. The molecule has 0 aliphatic rings. The number of aromatic nitrogens is 6. The fraction of sp³-hybridized carbons (Fsp3) is 0.188. The number of carbonyl (C=O) groups excluding carboxylic acids is 1. The predicted molar refractivity (Wildman–Crippen MR) is 87.4 cm³/mol. The van der Waals surface area contributed by atoms with E-state index in [-0.39, 0.29) is 11.9 Å². The van der Waals surface area contributed by atoms with Crippen LogP contribution in [-0.4, -0.2) is 41.5 Å². The third-order valence-electron chi connectivity index (χ3n) is 3.71. The van der Waals surface area contributed by atoms with Crippen molar-refractivity contribution in [1.29, 1.82) is 0 Å².